The summed E-state index contributed by atoms with van der Waals surface area (Å²) < 4.78 is 0. The molecule has 2 aromatic rings. The largest absolute Gasteiger partial charge is 0.339 e. The number of hydrogen-bond donors (Lipinski definition) is 1. The van der Waals surface area contributed by atoms with E-state index < -0.39 is 0 Å². The molecule has 2 amide bonds. The highest BCUT2D eigenvalue weighted by atomic mass is 32.2. The molecule has 0 atom stereocenters. The first-order chi connectivity index (χ1) is 12.6. The molecule has 5 heteroatoms. The van der Waals surface area contributed by atoms with Crippen molar-refractivity contribution < 1.29 is 9.59 Å². The summed E-state index contributed by atoms with van der Waals surface area (Å²) in [5.41, 5.74) is 3.62. The van der Waals surface area contributed by atoms with Crippen LogP contribution in [0.4, 0.5) is 5.69 Å². The standard InChI is InChI=1S/C21H24N2O2S/c1-16-7-6-8-17(13-16)14-26-15-20(24)22-19-10-3-2-9-18(19)21(25)23-11-4-5-12-23/h2-3,6-10,13H,4-5,11-12,14-15H2,1H3,(H,22,24). The molecular formula is C21H24N2O2S. The number of carbonyl (C=O) groups excluding carboxylic acids is 2. The number of nitrogens with one attached hydrogen (secondary N) is 1. The van der Waals surface area contributed by atoms with Crippen molar-refractivity contribution in [3.8, 4) is 0 Å². The van der Waals surface area contributed by atoms with Gasteiger partial charge in [-0.25, -0.2) is 0 Å². The number of aryl methyl sites for hydroxylation is 1. The van der Waals surface area contributed by atoms with Crippen molar-refractivity contribution >= 4 is 29.3 Å². The Labute approximate surface area is 159 Å². The molecule has 0 aromatic heterocycles. The van der Waals surface area contributed by atoms with E-state index in [-0.39, 0.29) is 11.8 Å². The zero-order valence-electron chi connectivity index (χ0n) is 15.0. The summed E-state index contributed by atoms with van der Waals surface area (Å²) in [6.07, 6.45) is 2.10. The van der Waals surface area contributed by atoms with Crippen molar-refractivity contribution in [2.45, 2.75) is 25.5 Å². The molecule has 1 saturated heterocycles. The van der Waals surface area contributed by atoms with E-state index in [4.69, 9.17) is 0 Å². The van der Waals surface area contributed by atoms with Crippen LogP contribution in [0.15, 0.2) is 48.5 Å². The van der Waals surface area contributed by atoms with E-state index in [9.17, 15) is 9.59 Å². The molecule has 1 fully saturated rings. The predicted molar refractivity (Wildman–Crippen MR) is 108 cm³/mol. The highest BCUT2D eigenvalue weighted by Crippen LogP contribution is 2.21. The van der Waals surface area contributed by atoms with Gasteiger partial charge in [-0.2, -0.15) is 0 Å². The molecule has 2 aromatic carbocycles. The van der Waals surface area contributed by atoms with Crippen LogP contribution in [0.25, 0.3) is 0 Å². The third kappa shape index (κ3) is 4.88. The van der Waals surface area contributed by atoms with E-state index in [1.165, 1.54) is 11.1 Å². The Morgan fingerprint density at radius 3 is 2.62 bits per heavy atom. The van der Waals surface area contributed by atoms with Gasteiger partial charge in [0.2, 0.25) is 5.91 Å². The smallest absolute Gasteiger partial charge is 0.255 e. The molecule has 0 aliphatic carbocycles. The van der Waals surface area contributed by atoms with E-state index in [0.29, 0.717) is 17.0 Å². The number of likely N-dealkylation sites (tertiary alicyclic amines) is 1. The summed E-state index contributed by atoms with van der Waals surface area (Å²) in [5, 5.41) is 2.91. The molecule has 1 heterocycles. The SMILES string of the molecule is Cc1cccc(CSCC(=O)Nc2ccccc2C(=O)N2CCCC2)c1. The Kier molecular flexibility index (Phi) is 6.34. The average molecular weight is 369 g/mol. The normalized spacial score (nSPS) is 13.7. The molecule has 1 aliphatic rings. The maximum absolute atomic E-state index is 12.6. The summed E-state index contributed by atoms with van der Waals surface area (Å²) in [4.78, 5) is 26.8. The van der Waals surface area contributed by atoms with Gasteiger partial charge < -0.3 is 10.2 Å². The Balaban J connectivity index is 1.56. The highest BCUT2D eigenvalue weighted by molar-refractivity contribution is 7.99. The Bertz CT molecular complexity index is 785. The fraction of sp³-hybridized carbons (Fsp3) is 0.333. The van der Waals surface area contributed by atoms with Crippen LogP contribution in [0, 0.1) is 6.92 Å². The van der Waals surface area contributed by atoms with Crippen LogP contribution in [-0.4, -0.2) is 35.6 Å². The zero-order valence-corrected chi connectivity index (χ0v) is 15.8. The van der Waals surface area contributed by atoms with Crippen LogP contribution in [-0.2, 0) is 10.5 Å². The minimum atomic E-state index is -0.0793. The molecule has 136 valence electrons. The lowest BCUT2D eigenvalue weighted by Gasteiger charge is -2.18. The van der Waals surface area contributed by atoms with Crippen molar-refractivity contribution in [3.05, 3.63) is 65.2 Å². The lowest BCUT2D eigenvalue weighted by Crippen LogP contribution is -2.29. The summed E-state index contributed by atoms with van der Waals surface area (Å²) in [6, 6.07) is 15.6. The van der Waals surface area contributed by atoms with Crippen molar-refractivity contribution in [1.82, 2.24) is 4.90 Å². The second-order valence-electron chi connectivity index (χ2n) is 6.57. The number of rotatable bonds is 6. The maximum atomic E-state index is 12.6. The minimum Gasteiger partial charge on any atom is -0.339 e. The van der Waals surface area contributed by atoms with Crippen molar-refractivity contribution in [2.24, 2.45) is 0 Å². The summed E-state index contributed by atoms with van der Waals surface area (Å²) in [5.74, 6) is 1.08. The van der Waals surface area contributed by atoms with Crippen molar-refractivity contribution in [3.63, 3.8) is 0 Å². The molecule has 0 radical (unpaired) electrons. The van der Waals surface area contributed by atoms with Gasteiger partial charge in [0.05, 0.1) is 17.0 Å². The molecule has 4 nitrogen and oxygen atoms in total. The topological polar surface area (TPSA) is 49.4 Å². The Hall–Kier alpha value is -2.27. The first-order valence-corrected chi connectivity index (χ1v) is 10.1. The van der Waals surface area contributed by atoms with Crippen LogP contribution in [0.3, 0.4) is 0 Å². The second-order valence-corrected chi connectivity index (χ2v) is 7.56. The number of benzene rings is 2. The molecule has 0 spiro atoms. The van der Waals surface area contributed by atoms with Crippen LogP contribution < -0.4 is 5.32 Å². The zero-order chi connectivity index (χ0) is 18.4. The molecule has 3 rings (SSSR count). The van der Waals surface area contributed by atoms with Gasteiger partial charge in [-0.1, -0.05) is 42.0 Å². The first-order valence-electron chi connectivity index (χ1n) is 8.95. The molecular weight excluding hydrogens is 344 g/mol. The van der Waals surface area contributed by atoms with Crippen LogP contribution in [0.1, 0.15) is 34.3 Å². The van der Waals surface area contributed by atoms with Gasteiger partial charge in [0, 0.05) is 18.8 Å². The third-order valence-electron chi connectivity index (χ3n) is 4.41. The van der Waals surface area contributed by atoms with E-state index in [1.54, 1.807) is 23.9 Å². The van der Waals surface area contributed by atoms with Crippen LogP contribution >= 0.6 is 11.8 Å². The van der Waals surface area contributed by atoms with Crippen LogP contribution in [0.5, 0.6) is 0 Å². The first kappa shape index (κ1) is 18.5. The van der Waals surface area contributed by atoms with E-state index in [0.717, 1.165) is 31.7 Å². The summed E-state index contributed by atoms with van der Waals surface area (Å²) in [7, 11) is 0. The van der Waals surface area contributed by atoms with Gasteiger partial charge in [-0.3, -0.25) is 9.59 Å². The summed E-state index contributed by atoms with van der Waals surface area (Å²) in [6.45, 7) is 3.66. The number of nitrogens with zero attached hydrogens (tertiary/aromatic N) is 1. The molecule has 0 saturated carbocycles. The lowest BCUT2D eigenvalue weighted by atomic mass is 10.1. The summed E-state index contributed by atoms with van der Waals surface area (Å²) >= 11 is 1.57. The van der Waals surface area contributed by atoms with Gasteiger partial charge in [0.25, 0.3) is 5.91 Å². The highest BCUT2D eigenvalue weighted by Gasteiger charge is 2.22. The number of para-hydroxylation sites is 1. The van der Waals surface area contributed by atoms with Crippen molar-refractivity contribution in [1.29, 1.82) is 0 Å². The number of hydrogen-bond acceptors (Lipinski definition) is 3. The fourth-order valence-electron chi connectivity index (χ4n) is 3.12. The lowest BCUT2D eigenvalue weighted by molar-refractivity contribution is -0.113. The molecule has 26 heavy (non-hydrogen) atoms. The number of amides is 2. The minimum absolute atomic E-state index is 0.00538. The van der Waals surface area contributed by atoms with Gasteiger partial charge in [-0.15, -0.1) is 11.8 Å². The monoisotopic (exact) mass is 368 g/mol. The molecule has 0 unspecified atom stereocenters. The van der Waals surface area contributed by atoms with Crippen LogP contribution in [0.2, 0.25) is 0 Å². The quantitative estimate of drug-likeness (QED) is 0.835. The molecule has 1 N–H and O–H groups in total. The van der Waals surface area contributed by atoms with Gasteiger partial charge in [-0.05, 0) is 37.5 Å². The fourth-order valence-corrected chi connectivity index (χ4v) is 3.89. The Morgan fingerprint density at radius 1 is 1.08 bits per heavy atom. The predicted octanol–water partition coefficient (Wildman–Crippen LogP) is 4.10. The third-order valence-corrected chi connectivity index (χ3v) is 5.41. The van der Waals surface area contributed by atoms with Crippen molar-refractivity contribution in [2.75, 3.05) is 24.2 Å². The molecule has 1 aliphatic heterocycles. The molecule has 0 bridgehead atoms. The second kappa shape index (κ2) is 8.90. The average Bonchev–Trinajstić information content (AvgIpc) is 3.16. The number of thioether (sulfide) groups is 1. The maximum Gasteiger partial charge on any atom is 0.255 e. The van der Waals surface area contributed by atoms with E-state index in [1.807, 2.05) is 23.1 Å². The van der Waals surface area contributed by atoms with E-state index in [2.05, 4.69) is 30.4 Å². The van der Waals surface area contributed by atoms with Gasteiger partial charge in [0.1, 0.15) is 0 Å². The number of carbonyl (C=O) groups is 2. The van der Waals surface area contributed by atoms with Gasteiger partial charge in [0.15, 0.2) is 0 Å². The Morgan fingerprint density at radius 2 is 1.85 bits per heavy atom. The number of anilines is 1. The van der Waals surface area contributed by atoms with Gasteiger partial charge >= 0.3 is 0 Å². The van der Waals surface area contributed by atoms with E-state index >= 15 is 0 Å².